The van der Waals surface area contributed by atoms with Crippen LogP contribution < -0.4 is 9.47 Å². The molecule has 3 aromatic carbocycles. The number of hydrogen-bond acceptors (Lipinski definition) is 6. The predicted octanol–water partition coefficient (Wildman–Crippen LogP) is 6.10. The van der Waals surface area contributed by atoms with Gasteiger partial charge in [0.05, 0.1) is 17.7 Å². The molecule has 168 valence electrons. The van der Waals surface area contributed by atoms with E-state index in [1.54, 1.807) is 48.3 Å². The van der Waals surface area contributed by atoms with Gasteiger partial charge in [-0.05, 0) is 42.0 Å². The minimum absolute atomic E-state index is 0.110. The molecule has 1 N–H and O–H groups in total. The van der Waals surface area contributed by atoms with Gasteiger partial charge in [0, 0.05) is 28.1 Å². The summed E-state index contributed by atoms with van der Waals surface area (Å²) in [5.74, 6) is 1.97. The van der Waals surface area contributed by atoms with Gasteiger partial charge in [-0.1, -0.05) is 41.4 Å². The van der Waals surface area contributed by atoms with Gasteiger partial charge < -0.3 is 14.6 Å². The van der Waals surface area contributed by atoms with Gasteiger partial charge in [0.1, 0.15) is 23.6 Å². The lowest BCUT2D eigenvalue weighted by Crippen LogP contribution is -2.15. The summed E-state index contributed by atoms with van der Waals surface area (Å²) in [7, 11) is 1.63. The molecule has 0 saturated carbocycles. The number of rotatable bonds is 3. The minimum atomic E-state index is -0.265. The van der Waals surface area contributed by atoms with Crippen molar-refractivity contribution in [1.82, 2.24) is 19.6 Å². The lowest BCUT2D eigenvalue weighted by atomic mass is 9.84. The number of halogens is 2. The van der Waals surface area contributed by atoms with Crippen molar-refractivity contribution in [2.45, 2.75) is 5.92 Å². The predicted molar refractivity (Wildman–Crippen MR) is 128 cm³/mol. The number of nitrogens with zero attached hydrogens (tertiary/aromatic N) is 4. The number of methoxy groups -OCH3 is 1. The molecule has 0 bridgehead atoms. The molecule has 1 aliphatic heterocycles. The van der Waals surface area contributed by atoms with E-state index >= 15 is 0 Å². The Kier molecular flexibility index (Phi) is 4.83. The summed E-state index contributed by atoms with van der Waals surface area (Å²) in [5.41, 5.74) is 3.87. The number of aromatic hydroxyl groups is 1. The maximum atomic E-state index is 10.0. The van der Waals surface area contributed by atoms with Crippen molar-refractivity contribution in [3.05, 3.63) is 93.7 Å². The van der Waals surface area contributed by atoms with Crippen molar-refractivity contribution >= 4 is 28.8 Å². The van der Waals surface area contributed by atoms with E-state index < -0.39 is 0 Å². The van der Waals surface area contributed by atoms with E-state index in [1.165, 1.54) is 0 Å². The normalized spacial score (nSPS) is 14.4. The van der Waals surface area contributed by atoms with E-state index in [4.69, 9.17) is 37.7 Å². The molecule has 34 heavy (non-hydrogen) atoms. The topological polar surface area (TPSA) is 81.8 Å². The van der Waals surface area contributed by atoms with Crippen LogP contribution in [-0.4, -0.2) is 31.8 Å². The third kappa shape index (κ3) is 3.32. The molecule has 2 aromatic heterocycles. The van der Waals surface area contributed by atoms with Crippen LogP contribution in [0.1, 0.15) is 22.6 Å². The molecule has 1 unspecified atom stereocenters. The van der Waals surface area contributed by atoms with E-state index in [2.05, 4.69) is 10.1 Å². The Balaban J connectivity index is 1.59. The maximum absolute atomic E-state index is 10.0. The number of benzene rings is 3. The molecule has 9 heteroatoms. The van der Waals surface area contributed by atoms with E-state index in [0.717, 1.165) is 22.4 Å². The zero-order chi connectivity index (χ0) is 23.4. The quantitative estimate of drug-likeness (QED) is 0.322. The largest absolute Gasteiger partial charge is 0.508 e. The lowest BCUT2D eigenvalue weighted by Gasteiger charge is -2.28. The molecule has 1 aliphatic rings. The molecular weight excluding hydrogens is 475 g/mol. The summed E-state index contributed by atoms with van der Waals surface area (Å²) in [6.45, 7) is 0. The molecule has 0 aliphatic carbocycles. The second kappa shape index (κ2) is 7.90. The summed E-state index contributed by atoms with van der Waals surface area (Å²) < 4.78 is 13.0. The molecule has 0 saturated heterocycles. The van der Waals surface area contributed by atoms with Crippen LogP contribution in [0.3, 0.4) is 0 Å². The van der Waals surface area contributed by atoms with Crippen molar-refractivity contribution < 1.29 is 14.6 Å². The molecular formula is C25H16Cl2N4O3. The minimum Gasteiger partial charge on any atom is -0.508 e. The fourth-order valence-corrected chi connectivity index (χ4v) is 4.72. The third-order valence-electron chi connectivity index (χ3n) is 5.81. The highest BCUT2D eigenvalue weighted by atomic mass is 35.5. The first-order valence-electron chi connectivity index (χ1n) is 10.4. The number of phenolic OH excluding ortho intramolecular Hbond substituents is 1. The lowest BCUT2D eigenvalue weighted by molar-refractivity contribution is 0.414. The van der Waals surface area contributed by atoms with Crippen molar-refractivity contribution in [2.24, 2.45) is 0 Å². The molecule has 0 radical (unpaired) electrons. The second-order valence-electron chi connectivity index (χ2n) is 7.82. The first-order valence-corrected chi connectivity index (χ1v) is 11.1. The van der Waals surface area contributed by atoms with Crippen molar-refractivity contribution in [2.75, 3.05) is 7.11 Å². The van der Waals surface area contributed by atoms with E-state index in [-0.39, 0.29) is 11.7 Å². The molecule has 0 amide bonds. The summed E-state index contributed by atoms with van der Waals surface area (Å²) in [4.78, 5) is 9.32. The van der Waals surface area contributed by atoms with Gasteiger partial charge >= 0.3 is 0 Å². The van der Waals surface area contributed by atoms with Crippen LogP contribution in [0.15, 0.2) is 67.0 Å². The summed E-state index contributed by atoms with van der Waals surface area (Å²) >= 11 is 12.5. The molecule has 0 fully saturated rings. The number of hydrogen-bond donors (Lipinski definition) is 1. The highest BCUT2D eigenvalue weighted by molar-refractivity contribution is 6.36. The molecule has 3 heterocycles. The molecule has 6 rings (SSSR count). The Bertz CT molecular complexity index is 1570. The molecule has 1 atom stereocenters. The fourth-order valence-electron chi connectivity index (χ4n) is 4.23. The maximum Gasteiger partial charge on any atom is 0.228 e. The average molecular weight is 491 g/mol. The monoisotopic (exact) mass is 490 g/mol. The van der Waals surface area contributed by atoms with Gasteiger partial charge in [-0.25, -0.2) is 14.5 Å². The highest BCUT2D eigenvalue weighted by Gasteiger charge is 2.33. The van der Waals surface area contributed by atoms with Crippen LogP contribution in [0.25, 0.3) is 17.0 Å². The van der Waals surface area contributed by atoms with Gasteiger partial charge in [-0.3, -0.25) is 0 Å². The molecule has 0 spiro atoms. The Morgan fingerprint density at radius 2 is 1.85 bits per heavy atom. The number of ether oxygens (including phenoxy) is 2. The number of phenols is 1. The van der Waals surface area contributed by atoms with Crippen molar-refractivity contribution in [1.29, 1.82) is 0 Å². The average Bonchev–Trinajstić information content (AvgIpc) is 3.27. The van der Waals surface area contributed by atoms with Crippen LogP contribution in [0.2, 0.25) is 10.0 Å². The Morgan fingerprint density at radius 3 is 2.62 bits per heavy atom. The van der Waals surface area contributed by atoms with Crippen molar-refractivity contribution in [3.8, 4) is 34.5 Å². The SMILES string of the molecule is COc1ccc(C2c3ccc(O)cc3Oc3ncn4nc(-c5ccc(Cl)cc5Cl)nc4c32)cc1. The van der Waals surface area contributed by atoms with Gasteiger partial charge in [-0.2, -0.15) is 0 Å². The van der Waals surface area contributed by atoms with Crippen LogP contribution in [0.4, 0.5) is 0 Å². The van der Waals surface area contributed by atoms with Crippen LogP contribution in [0.5, 0.6) is 23.1 Å². The number of aromatic nitrogens is 4. The van der Waals surface area contributed by atoms with E-state index in [1.807, 2.05) is 30.3 Å². The molecule has 5 aromatic rings. The van der Waals surface area contributed by atoms with Crippen LogP contribution >= 0.6 is 23.2 Å². The van der Waals surface area contributed by atoms with E-state index in [9.17, 15) is 5.11 Å². The van der Waals surface area contributed by atoms with Crippen LogP contribution in [0, 0.1) is 0 Å². The third-order valence-corrected chi connectivity index (χ3v) is 6.36. The summed E-state index contributed by atoms with van der Waals surface area (Å²) in [6.07, 6.45) is 1.55. The first kappa shape index (κ1) is 20.8. The first-order chi connectivity index (χ1) is 16.5. The van der Waals surface area contributed by atoms with Crippen molar-refractivity contribution in [3.63, 3.8) is 0 Å². The zero-order valence-corrected chi connectivity index (χ0v) is 19.2. The van der Waals surface area contributed by atoms with E-state index in [0.29, 0.717) is 38.7 Å². The molecule has 7 nitrogen and oxygen atoms in total. The smallest absolute Gasteiger partial charge is 0.228 e. The summed E-state index contributed by atoms with van der Waals surface area (Å²) in [6, 6.07) is 18.1. The Morgan fingerprint density at radius 1 is 1.03 bits per heavy atom. The van der Waals surface area contributed by atoms with Crippen LogP contribution in [-0.2, 0) is 0 Å². The van der Waals surface area contributed by atoms with Gasteiger partial charge in [0.25, 0.3) is 0 Å². The Labute approximate surface area is 204 Å². The van der Waals surface area contributed by atoms with Gasteiger partial charge in [0.15, 0.2) is 11.5 Å². The van der Waals surface area contributed by atoms with Gasteiger partial charge in [0.2, 0.25) is 5.88 Å². The highest BCUT2D eigenvalue weighted by Crippen LogP contribution is 2.49. The standard InChI is InChI=1S/C25H16Cl2N4O3/c1-33-16-6-2-13(3-7-16)21-18-9-5-15(32)11-20(18)34-25-22(21)24-29-23(30-31(24)12-28-25)17-8-4-14(26)10-19(17)27/h2-12,21,32H,1H3. The number of fused-ring (bicyclic) bond motifs is 4. The summed E-state index contributed by atoms with van der Waals surface area (Å²) in [5, 5.41) is 15.6. The zero-order valence-electron chi connectivity index (χ0n) is 17.7. The Hall–Kier alpha value is -3.81. The second-order valence-corrected chi connectivity index (χ2v) is 8.67. The van der Waals surface area contributed by atoms with Gasteiger partial charge in [-0.15, -0.1) is 5.10 Å². The fraction of sp³-hybridized carbons (Fsp3) is 0.0800.